The molecule has 0 aliphatic heterocycles. The van der Waals surface area contributed by atoms with E-state index in [-0.39, 0.29) is 0 Å². The second kappa shape index (κ2) is 8.30. The summed E-state index contributed by atoms with van der Waals surface area (Å²) in [6.07, 6.45) is 2.99. The van der Waals surface area contributed by atoms with Crippen molar-refractivity contribution in [2.24, 2.45) is 4.36 Å². The number of halogens is 1. The Balaban J connectivity index is 1.87. The molecule has 1 N–H and O–H groups in total. The number of nitrogens with zero attached hydrogens (tertiary/aromatic N) is 4. The second-order valence-electron chi connectivity index (χ2n) is 6.09. The summed E-state index contributed by atoms with van der Waals surface area (Å²) in [6, 6.07) is 11.6. The number of hydrogen-bond acceptors (Lipinski definition) is 7. The highest BCUT2D eigenvalue weighted by Crippen LogP contribution is 2.28. The Morgan fingerprint density at radius 3 is 2.79 bits per heavy atom. The molecule has 0 saturated heterocycles. The normalized spacial score (nSPS) is 12.9. The summed E-state index contributed by atoms with van der Waals surface area (Å²) in [6.45, 7) is 0. The third-order valence-electron chi connectivity index (χ3n) is 3.98. The zero-order valence-electron chi connectivity index (χ0n) is 15.7. The molecule has 0 aliphatic carbocycles. The monoisotopic (exact) mass is 401 g/mol. The Hall–Kier alpha value is -3.07. The van der Waals surface area contributed by atoms with E-state index in [4.69, 9.17) is 4.74 Å². The fourth-order valence-electron chi connectivity index (χ4n) is 2.58. The molecule has 1 atom stereocenters. The molecule has 2 aromatic carbocycles. The van der Waals surface area contributed by atoms with Gasteiger partial charge in [-0.1, -0.05) is 12.1 Å². The van der Waals surface area contributed by atoms with Gasteiger partial charge in [0.05, 0.1) is 18.4 Å². The summed E-state index contributed by atoms with van der Waals surface area (Å²) in [7, 11) is 0.758. The van der Waals surface area contributed by atoms with Crippen molar-refractivity contribution in [1.29, 1.82) is 0 Å². The molecule has 0 amide bonds. The molecule has 7 nitrogen and oxygen atoms in total. The highest BCUT2D eigenvalue weighted by Gasteiger charge is 2.11. The van der Waals surface area contributed by atoms with E-state index in [1.165, 1.54) is 25.6 Å². The summed E-state index contributed by atoms with van der Waals surface area (Å²) in [5, 5.41) is 3.11. The number of nitrogens with one attached hydrogen (secondary N) is 1. The van der Waals surface area contributed by atoms with Gasteiger partial charge in [-0.15, -0.1) is 0 Å². The lowest BCUT2D eigenvalue weighted by molar-refractivity contribution is 0.412. The van der Waals surface area contributed by atoms with Gasteiger partial charge in [-0.05, 0) is 29.8 Å². The summed E-state index contributed by atoms with van der Waals surface area (Å²) >= 11 is 0. The highest BCUT2D eigenvalue weighted by atomic mass is 32.2. The molecule has 0 radical (unpaired) electrons. The van der Waals surface area contributed by atoms with E-state index in [0.29, 0.717) is 28.8 Å². The van der Waals surface area contributed by atoms with Crippen molar-refractivity contribution in [2.45, 2.75) is 5.75 Å². The summed E-state index contributed by atoms with van der Waals surface area (Å²) < 4.78 is 34.8. The van der Waals surface area contributed by atoms with E-state index in [9.17, 15) is 8.60 Å². The Morgan fingerprint density at radius 1 is 1.21 bits per heavy atom. The van der Waals surface area contributed by atoms with E-state index in [2.05, 4.69) is 24.6 Å². The van der Waals surface area contributed by atoms with Crippen molar-refractivity contribution in [3.63, 3.8) is 0 Å². The van der Waals surface area contributed by atoms with Gasteiger partial charge in [0.25, 0.3) is 0 Å². The molecule has 0 spiro atoms. The molecule has 0 aliphatic rings. The average Bonchev–Trinajstić information content (AvgIpc) is 2.68. The van der Waals surface area contributed by atoms with Gasteiger partial charge in [0.2, 0.25) is 5.95 Å². The maximum Gasteiger partial charge on any atom is 0.230 e. The average molecular weight is 401 g/mol. The van der Waals surface area contributed by atoms with Gasteiger partial charge >= 0.3 is 0 Å². The van der Waals surface area contributed by atoms with Gasteiger partial charge in [-0.25, -0.2) is 22.9 Å². The van der Waals surface area contributed by atoms with Gasteiger partial charge < -0.3 is 10.1 Å². The van der Waals surface area contributed by atoms with Crippen LogP contribution in [0.1, 0.15) is 5.56 Å². The Morgan fingerprint density at radius 2 is 2.04 bits per heavy atom. The van der Waals surface area contributed by atoms with Gasteiger partial charge in [0.1, 0.15) is 17.9 Å². The van der Waals surface area contributed by atoms with E-state index >= 15 is 0 Å². The molecule has 1 heterocycles. The Kier molecular flexibility index (Phi) is 5.84. The fraction of sp³-hybridized carbons (Fsp3) is 0.211. The van der Waals surface area contributed by atoms with Crippen molar-refractivity contribution in [2.75, 3.05) is 25.7 Å². The minimum atomic E-state index is -2.25. The van der Waals surface area contributed by atoms with Gasteiger partial charge in [0.15, 0.2) is 5.82 Å². The molecular weight excluding hydrogens is 381 g/mol. The predicted octanol–water partition coefficient (Wildman–Crippen LogP) is 3.66. The minimum Gasteiger partial charge on any atom is -0.496 e. The third-order valence-corrected chi connectivity index (χ3v) is 5.62. The molecule has 3 rings (SSSR count). The van der Waals surface area contributed by atoms with Crippen LogP contribution in [0.4, 0.5) is 16.0 Å². The van der Waals surface area contributed by atoms with Crippen molar-refractivity contribution in [3.8, 4) is 17.1 Å². The minimum absolute atomic E-state index is 0.325. The number of anilines is 2. The van der Waals surface area contributed by atoms with Gasteiger partial charge in [0, 0.05) is 34.8 Å². The summed E-state index contributed by atoms with van der Waals surface area (Å²) in [5.41, 5.74) is 2.18. The van der Waals surface area contributed by atoms with Gasteiger partial charge in [-0.2, -0.15) is 4.98 Å². The maximum absolute atomic E-state index is 13.4. The lowest BCUT2D eigenvalue weighted by Crippen LogP contribution is -2.03. The Labute approximate surface area is 163 Å². The smallest absolute Gasteiger partial charge is 0.230 e. The zero-order valence-corrected chi connectivity index (χ0v) is 16.5. The first-order chi connectivity index (χ1) is 13.4. The van der Waals surface area contributed by atoms with E-state index in [0.717, 1.165) is 11.3 Å². The molecule has 146 valence electrons. The standard InChI is InChI=1S/C19H20FN5O2S/c1-21-28(3,26)11-13-5-4-6-15(9-13)24-19-23-12-22-18(25-19)16-8-7-14(20)10-17(16)27-2/h4-10,12H,11H2,1-3H3,(H,22,23,24,25). The molecule has 0 bridgehead atoms. The summed E-state index contributed by atoms with van der Waals surface area (Å²) in [5.74, 6) is 0.961. The fourth-order valence-corrected chi connectivity index (χ4v) is 3.50. The zero-order chi connectivity index (χ0) is 20.1. The Bertz CT molecular complexity index is 1110. The molecule has 0 fully saturated rings. The molecule has 9 heteroatoms. The SMILES string of the molecule is CN=S(C)(=O)Cc1cccc(Nc2ncnc(-c3ccc(F)cc3OC)n2)c1. The third kappa shape index (κ3) is 4.80. The van der Waals surface area contributed by atoms with E-state index < -0.39 is 15.5 Å². The molecule has 0 saturated carbocycles. The van der Waals surface area contributed by atoms with Crippen LogP contribution >= 0.6 is 0 Å². The predicted molar refractivity (Wildman–Crippen MR) is 108 cm³/mol. The second-order valence-corrected chi connectivity index (χ2v) is 8.66. The summed E-state index contributed by atoms with van der Waals surface area (Å²) in [4.78, 5) is 12.7. The van der Waals surface area contributed by atoms with Crippen LogP contribution in [0.5, 0.6) is 5.75 Å². The number of hydrogen-bond donors (Lipinski definition) is 1. The maximum atomic E-state index is 13.4. The molecule has 3 aromatic rings. The van der Waals surface area contributed by atoms with E-state index in [1.807, 2.05) is 24.3 Å². The first-order valence-electron chi connectivity index (χ1n) is 8.37. The van der Waals surface area contributed by atoms with Crippen molar-refractivity contribution in [3.05, 3.63) is 60.2 Å². The molecular formula is C19H20FN5O2S. The van der Waals surface area contributed by atoms with Crippen molar-refractivity contribution in [1.82, 2.24) is 15.0 Å². The largest absolute Gasteiger partial charge is 0.496 e. The van der Waals surface area contributed by atoms with Crippen LogP contribution in [0, 0.1) is 5.82 Å². The van der Waals surface area contributed by atoms with Crippen LogP contribution in [0.3, 0.4) is 0 Å². The number of benzene rings is 2. The quantitative estimate of drug-likeness (QED) is 0.678. The van der Waals surface area contributed by atoms with Crippen LogP contribution in [-0.4, -0.2) is 39.6 Å². The molecule has 1 unspecified atom stereocenters. The highest BCUT2D eigenvalue weighted by molar-refractivity contribution is 7.92. The van der Waals surface area contributed by atoms with Crippen LogP contribution in [0.15, 0.2) is 53.2 Å². The van der Waals surface area contributed by atoms with Gasteiger partial charge in [-0.3, -0.25) is 0 Å². The number of aromatic nitrogens is 3. The first-order valence-corrected chi connectivity index (χ1v) is 10.5. The van der Waals surface area contributed by atoms with Crippen molar-refractivity contribution < 1.29 is 13.3 Å². The number of methoxy groups -OCH3 is 1. The van der Waals surface area contributed by atoms with Crippen LogP contribution < -0.4 is 10.1 Å². The topological polar surface area (TPSA) is 89.4 Å². The number of rotatable bonds is 6. The van der Waals surface area contributed by atoms with E-state index in [1.54, 1.807) is 19.4 Å². The first kappa shape index (κ1) is 19.7. The van der Waals surface area contributed by atoms with Crippen molar-refractivity contribution >= 4 is 21.4 Å². The lowest BCUT2D eigenvalue weighted by atomic mass is 10.2. The lowest BCUT2D eigenvalue weighted by Gasteiger charge is -2.10. The molecule has 28 heavy (non-hydrogen) atoms. The van der Waals surface area contributed by atoms with Crippen LogP contribution in [-0.2, 0) is 15.5 Å². The number of ether oxygens (including phenoxy) is 1. The van der Waals surface area contributed by atoms with Crippen LogP contribution in [0.2, 0.25) is 0 Å². The van der Waals surface area contributed by atoms with Crippen LogP contribution in [0.25, 0.3) is 11.4 Å². The molecule has 1 aromatic heterocycles.